The van der Waals surface area contributed by atoms with Crippen molar-refractivity contribution in [1.29, 1.82) is 0 Å². The standard InChI is InChI=1S/C15H12N2O2/c18-15(16-10-11-6-2-1-3-7-11)14-12-8-4-5-9-13(12)19-17-14/h1-9H,10H2,(H,16,18). The van der Waals surface area contributed by atoms with Crippen molar-refractivity contribution in [2.24, 2.45) is 0 Å². The Hall–Kier alpha value is -2.62. The summed E-state index contributed by atoms with van der Waals surface area (Å²) in [5.41, 5.74) is 1.99. The Kier molecular flexibility index (Phi) is 2.98. The number of amides is 1. The lowest BCUT2D eigenvalue weighted by Crippen LogP contribution is -2.23. The summed E-state index contributed by atoms with van der Waals surface area (Å²) >= 11 is 0. The topological polar surface area (TPSA) is 55.1 Å². The van der Waals surface area contributed by atoms with Crippen LogP contribution in [0.4, 0.5) is 0 Å². The van der Waals surface area contributed by atoms with Gasteiger partial charge in [-0.05, 0) is 17.7 Å². The summed E-state index contributed by atoms with van der Waals surface area (Å²) in [4.78, 5) is 12.1. The van der Waals surface area contributed by atoms with Gasteiger partial charge in [-0.3, -0.25) is 4.79 Å². The molecule has 1 heterocycles. The first-order valence-corrected chi connectivity index (χ1v) is 6.01. The van der Waals surface area contributed by atoms with E-state index in [0.717, 1.165) is 10.9 Å². The van der Waals surface area contributed by atoms with E-state index >= 15 is 0 Å². The second kappa shape index (κ2) is 4.94. The van der Waals surface area contributed by atoms with Crippen LogP contribution in [0.1, 0.15) is 16.1 Å². The van der Waals surface area contributed by atoms with Crippen LogP contribution in [0.2, 0.25) is 0 Å². The fourth-order valence-corrected chi connectivity index (χ4v) is 1.91. The van der Waals surface area contributed by atoms with Crippen LogP contribution in [0.15, 0.2) is 59.1 Å². The predicted octanol–water partition coefficient (Wildman–Crippen LogP) is 2.76. The van der Waals surface area contributed by atoms with Crippen LogP contribution in [-0.2, 0) is 6.54 Å². The molecule has 19 heavy (non-hydrogen) atoms. The maximum absolute atomic E-state index is 12.1. The third-order valence-corrected chi connectivity index (χ3v) is 2.89. The van der Waals surface area contributed by atoms with Crippen molar-refractivity contribution in [2.45, 2.75) is 6.54 Å². The smallest absolute Gasteiger partial charge is 0.274 e. The Morgan fingerprint density at radius 3 is 2.63 bits per heavy atom. The summed E-state index contributed by atoms with van der Waals surface area (Å²) < 4.78 is 5.11. The molecule has 1 aromatic heterocycles. The summed E-state index contributed by atoms with van der Waals surface area (Å²) in [6, 6.07) is 17.0. The molecule has 4 heteroatoms. The molecule has 0 atom stereocenters. The molecule has 0 fully saturated rings. The Morgan fingerprint density at radius 1 is 1.05 bits per heavy atom. The number of rotatable bonds is 3. The Balaban J connectivity index is 1.77. The van der Waals surface area contributed by atoms with E-state index in [1.165, 1.54) is 0 Å². The Labute approximate surface area is 110 Å². The van der Waals surface area contributed by atoms with Gasteiger partial charge in [0.1, 0.15) is 0 Å². The zero-order chi connectivity index (χ0) is 13.1. The molecule has 3 rings (SSSR count). The maximum atomic E-state index is 12.1. The highest BCUT2D eigenvalue weighted by atomic mass is 16.5. The molecule has 4 nitrogen and oxygen atoms in total. The molecule has 0 saturated heterocycles. The molecule has 0 aliphatic heterocycles. The first-order valence-electron chi connectivity index (χ1n) is 6.01. The normalized spacial score (nSPS) is 10.5. The van der Waals surface area contributed by atoms with Gasteiger partial charge in [-0.25, -0.2) is 0 Å². The molecule has 0 spiro atoms. The number of para-hydroxylation sites is 1. The van der Waals surface area contributed by atoms with Crippen LogP contribution in [0.5, 0.6) is 0 Å². The minimum atomic E-state index is -0.228. The molecule has 0 aliphatic rings. The van der Waals surface area contributed by atoms with Crippen LogP contribution in [-0.4, -0.2) is 11.1 Å². The quantitative estimate of drug-likeness (QED) is 0.779. The van der Waals surface area contributed by atoms with E-state index in [4.69, 9.17) is 4.52 Å². The zero-order valence-corrected chi connectivity index (χ0v) is 10.2. The SMILES string of the molecule is O=C(NCc1ccccc1)c1noc2ccccc12. The van der Waals surface area contributed by atoms with Crippen LogP contribution >= 0.6 is 0 Å². The molecule has 1 N–H and O–H groups in total. The zero-order valence-electron chi connectivity index (χ0n) is 10.2. The van der Waals surface area contributed by atoms with Crippen LogP contribution in [0, 0.1) is 0 Å². The monoisotopic (exact) mass is 252 g/mol. The Bertz CT molecular complexity index is 704. The van der Waals surface area contributed by atoms with E-state index in [1.54, 1.807) is 6.07 Å². The van der Waals surface area contributed by atoms with Crippen LogP contribution < -0.4 is 5.32 Å². The molecule has 94 valence electrons. The number of aromatic nitrogens is 1. The third kappa shape index (κ3) is 2.33. The van der Waals surface area contributed by atoms with E-state index in [9.17, 15) is 4.79 Å². The van der Waals surface area contributed by atoms with Crippen molar-refractivity contribution in [3.8, 4) is 0 Å². The number of hydrogen-bond acceptors (Lipinski definition) is 3. The average Bonchev–Trinajstić information content (AvgIpc) is 2.90. The van der Waals surface area contributed by atoms with E-state index < -0.39 is 0 Å². The summed E-state index contributed by atoms with van der Waals surface area (Å²) in [5, 5.41) is 7.38. The van der Waals surface area contributed by atoms with Gasteiger partial charge in [0.2, 0.25) is 0 Å². The maximum Gasteiger partial charge on any atom is 0.274 e. The van der Waals surface area contributed by atoms with Gasteiger partial charge in [-0.1, -0.05) is 47.6 Å². The minimum Gasteiger partial charge on any atom is -0.355 e. The molecule has 0 saturated carbocycles. The van der Waals surface area contributed by atoms with Gasteiger partial charge in [0.05, 0.1) is 5.39 Å². The van der Waals surface area contributed by atoms with Crippen LogP contribution in [0.25, 0.3) is 11.0 Å². The van der Waals surface area contributed by atoms with Crippen molar-refractivity contribution < 1.29 is 9.32 Å². The number of nitrogens with zero attached hydrogens (tertiary/aromatic N) is 1. The van der Waals surface area contributed by atoms with Gasteiger partial charge in [-0.15, -0.1) is 0 Å². The number of carbonyl (C=O) groups excluding carboxylic acids is 1. The lowest BCUT2D eigenvalue weighted by atomic mass is 10.2. The Morgan fingerprint density at radius 2 is 1.79 bits per heavy atom. The van der Waals surface area contributed by atoms with Crippen molar-refractivity contribution >= 4 is 16.9 Å². The highest BCUT2D eigenvalue weighted by Crippen LogP contribution is 2.17. The summed E-state index contributed by atoms with van der Waals surface area (Å²) in [7, 11) is 0. The lowest BCUT2D eigenvalue weighted by Gasteiger charge is -2.02. The summed E-state index contributed by atoms with van der Waals surface area (Å²) in [5.74, 6) is -0.228. The number of fused-ring (bicyclic) bond motifs is 1. The lowest BCUT2D eigenvalue weighted by molar-refractivity contribution is 0.0943. The molecule has 2 aromatic carbocycles. The second-order valence-electron chi connectivity index (χ2n) is 4.20. The number of carbonyl (C=O) groups is 1. The van der Waals surface area contributed by atoms with Gasteiger partial charge >= 0.3 is 0 Å². The fourth-order valence-electron chi connectivity index (χ4n) is 1.91. The molecule has 0 radical (unpaired) electrons. The van der Waals surface area contributed by atoms with Gasteiger partial charge in [0.25, 0.3) is 5.91 Å². The van der Waals surface area contributed by atoms with Gasteiger partial charge < -0.3 is 9.84 Å². The predicted molar refractivity (Wildman–Crippen MR) is 71.6 cm³/mol. The molecule has 0 unspecified atom stereocenters. The highest BCUT2D eigenvalue weighted by Gasteiger charge is 2.14. The van der Waals surface area contributed by atoms with Gasteiger partial charge in [-0.2, -0.15) is 0 Å². The minimum absolute atomic E-state index is 0.228. The number of hydrogen-bond donors (Lipinski definition) is 1. The van der Waals surface area contributed by atoms with E-state index in [1.807, 2.05) is 48.5 Å². The van der Waals surface area contributed by atoms with E-state index in [-0.39, 0.29) is 5.91 Å². The first kappa shape index (κ1) is 11.5. The molecule has 3 aromatic rings. The van der Waals surface area contributed by atoms with Crippen molar-refractivity contribution in [3.63, 3.8) is 0 Å². The van der Waals surface area contributed by atoms with Gasteiger partial charge in [0.15, 0.2) is 11.3 Å². The molecular weight excluding hydrogens is 240 g/mol. The van der Waals surface area contributed by atoms with E-state index in [0.29, 0.717) is 17.8 Å². The largest absolute Gasteiger partial charge is 0.355 e. The molecule has 0 aliphatic carbocycles. The first-order chi connectivity index (χ1) is 9.34. The summed E-state index contributed by atoms with van der Waals surface area (Å²) in [6.45, 7) is 0.473. The average molecular weight is 252 g/mol. The number of nitrogens with one attached hydrogen (secondary N) is 1. The molecular formula is C15H12N2O2. The highest BCUT2D eigenvalue weighted by molar-refractivity contribution is 6.03. The van der Waals surface area contributed by atoms with Crippen LogP contribution in [0.3, 0.4) is 0 Å². The molecule has 1 amide bonds. The second-order valence-corrected chi connectivity index (χ2v) is 4.20. The van der Waals surface area contributed by atoms with E-state index in [2.05, 4.69) is 10.5 Å². The van der Waals surface area contributed by atoms with Crippen molar-refractivity contribution in [3.05, 3.63) is 65.9 Å². The third-order valence-electron chi connectivity index (χ3n) is 2.89. The fraction of sp³-hybridized carbons (Fsp3) is 0.0667. The summed E-state index contributed by atoms with van der Waals surface area (Å²) in [6.07, 6.45) is 0. The van der Waals surface area contributed by atoms with Gasteiger partial charge in [0, 0.05) is 6.54 Å². The molecule has 0 bridgehead atoms. The van der Waals surface area contributed by atoms with Crippen molar-refractivity contribution in [2.75, 3.05) is 0 Å². The number of benzene rings is 2. The van der Waals surface area contributed by atoms with Crippen molar-refractivity contribution in [1.82, 2.24) is 10.5 Å².